The fourth-order valence-corrected chi connectivity index (χ4v) is 2.12. The Morgan fingerprint density at radius 1 is 1.17 bits per heavy atom. The summed E-state index contributed by atoms with van der Waals surface area (Å²) >= 11 is 3.32. The summed E-state index contributed by atoms with van der Waals surface area (Å²) in [5.74, 6) is -1.10. The molecule has 1 rings (SSSR count). The standard InChI is InChI=1S/C16H21BrN2O4/c1-3-18-14(20)10-19(4-2)15(21)11-23-16(22)9-12-5-7-13(17)8-6-12/h5-8H,3-4,9-11H2,1-2H3,(H,18,20). The van der Waals surface area contributed by atoms with Gasteiger partial charge in [0, 0.05) is 17.6 Å². The Balaban J connectivity index is 2.42. The lowest BCUT2D eigenvalue weighted by Crippen LogP contribution is -2.42. The highest BCUT2D eigenvalue weighted by atomic mass is 79.9. The van der Waals surface area contributed by atoms with Gasteiger partial charge in [-0.3, -0.25) is 14.4 Å². The highest BCUT2D eigenvalue weighted by Crippen LogP contribution is 2.11. The normalized spacial score (nSPS) is 10.0. The number of esters is 1. The maximum absolute atomic E-state index is 12.0. The first-order valence-electron chi connectivity index (χ1n) is 7.40. The van der Waals surface area contributed by atoms with Gasteiger partial charge in [0.1, 0.15) is 0 Å². The van der Waals surface area contributed by atoms with Crippen molar-refractivity contribution >= 4 is 33.7 Å². The molecule has 0 spiro atoms. The number of ether oxygens (including phenoxy) is 1. The molecule has 0 fully saturated rings. The number of benzene rings is 1. The van der Waals surface area contributed by atoms with Crippen LogP contribution in [0.15, 0.2) is 28.7 Å². The quantitative estimate of drug-likeness (QED) is 0.689. The molecule has 1 N–H and O–H groups in total. The summed E-state index contributed by atoms with van der Waals surface area (Å²) in [6, 6.07) is 7.28. The van der Waals surface area contributed by atoms with Crippen molar-refractivity contribution < 1.29 is 19.1 Å². The van der Waals surface area contributed by atoms with Crippen LogP contribution in [0.4, 0.5) is 0 Å². The topological polar surface area (TPSA) is 75.7 Å². The Bertz CT molecular complexity index is 546. The molecule has 0 aliphatic heterocycles. The van der Waals surface area contributed by atoms with Gasteiger partial charge in [0.2, 0.25) is 5.91 Å². The molecule has 0 aliphatic carbocycles. The molecule has 0 heterocycles. The van der Waals surface area contributed by atoms with E-state index >= 15 is 0 Å². The van der Waals surface area contributed by atoms with Gasteiger partial charge in [0.25, 0.3) is 5.91 Å². The lowest BCUT2D eigenvalue weighted by Gasteiger charge is -2.20. The molecule has 0 bridgehead atoms. The van der Waals surface area contributed by atoms with Crippen molar-refractivity contribution in [1.82, 2.24) is 10.2 Å². The molecule has 1 aromatic rings. The van der Waals surface area contributed by atoms with E-state index in [4.69, 9.17) is 4.74 Å². The third-order valence-corrected chi connectivity index (χ3v) is 3.59. The van der Waals surface area contributed by atoms with Crippen LogP contribution < -0.4 is 5.32 Å². The Morgan fingerprint density at radius 2 is 1.83 bits per heavy atom. The zero-order chi connectivity index (χ0) is 17.2. The zero-order valence-corrected chi connectivity index (χ0v) is 14.9. The monoisotopic (exact) mass is 384 g/mol. The number of amides is 2. The number of carbonyl (C=O) groups excluding carboxylic acids is 3. The molecule has 23 heavy (non-hydrogen) atoms. The summed E-state index contributed by atoms with van der Waals surface area (Å²) < 4.78 is 5.91. The van der Waals surface area contributed by atoms with Gasteiger partial charge in [0.05, 0.1) is 13.0 Å². The van der Waals surface area contributed by atoms with E-state index in [1.807, 2.05) is 12.1 Å². The molecule has 0 unspecified atom stereocenters. The first kappa shape index (κ1) is 19.2. The number of rotatable bonds is 8. The number of hydrogen-bond acceptors (Lipinski definition) is 4. The van der Waals surface area contributed by atoms with Gasteiger partial charge in [0.15, 0.2) is 6.61 Å². The number of carbonyl (C=O) groups is 3. The molecule has 6 nitrogen and oxygen atoms in total. The predicted octanol–water partition coefficient (Wildman–Crippen LogP) is 1.52. The SMILES string of the molecule is CCNC(=O)CN(CC)C(=O)COC(=O)Cc1ccc(Br)cc1. The molecule has 0 aliphatic rings. The van der Waals surface area contributed by atoms with Gasteiger partial charge < -0.3 is 15.0 Å². The molecule has 7 heteroatoms. The maximum Gasteiger partial charge on any atom is 0.310 e. The summed E-state index contributed by atoms with van der Waals surface area (Å²) in [7, 11) is 0. The van der Waals surface area contributed by atoms with Crippen molar-refractivity contribution in [2.45, 2.75) is 20.3 Å². The number of nitrogens with zero attached hydrogens (tertiary/aromatic N) is 1. The van der Waals surface area contributed by atoms with E-state index < -0.39 is 5.97 Å². The van der Waals surface area contributed by atoms with Crippen LogP contribution in [-0.2, 0) is 25.5 Å². The van der Waals surface area contributed by atoms with Crippen LogP contribution >= 0.6 is 15.9 Å². The Labute approximate surface area is 144 Å². The van der Waals surface area contributed by atoms with E-state index in [0.29, 0.717) is 13.1 Å². The van der Waals surface area contributed by atoms with Gasteiger partial charge in [-0.15, -0.1) is 0 Å². The molecular weight excluding hydrogens is 364 g/mol. The van der Waals surface area contributed by atoms with E-state index in [0.717, 1.165) is 10.0 Å². The summed E-state index contributed by atoms with van der Waals surface area (Å²) in [6.45, 7) is 4.06. The second-order valence-corrected chi connectivity index (χ2v) is 5.74. The van der Waals surface area contributed by atoms with Crippen LogP contribution in [0.3, 0.4) is 0 Å². The average Bonchev–Trinajstić information content (AvgIpc) is 2.52. The number of likely N-dealkylation sites (N-methyl/N-ethyl adjacent to an activating group) is 2. The summed E-state index contributed by atoms with van der Waals surface area (Å²) in [5, 5.41) is 2.62. The van der Waals surface area contributed by atoms with E-state index in [-0.39, 0.29) is 31.4 Å². The highest BCUT2D eigenvalue weighted by molar-refractivity contribution is 9.10. The number of halogens is 1. The van der Waals surface area contributed by atoms with E-state index in [1.54, 1.807) is 26.0 Å². The fourth-order valence-electron chi connectivity index (χ4n) is 1.86. The molecule has 1 aromatic carbocycles. The van der Waals surface area contributed by atoms with Gasteiger partial charge >= 0.3 is 5.97 Å². The van der Waals surface area contributed by atoms with Gasteiger partial charge in [-0.25, -0.2) is 0 Å². The van der Waals surface area contributed by atoms with Crippen molar-refractivity contribution in [1.29, 1.82) is 0 Å². The van der Waals surface area contributed by atoms with Crippen molar-refractivity contribution in [3.05, 3.63) is 34.3 Å². The van der Waals surface area contributed by atoms with Gasteiger partial charge in [-0.05, 0) is 31.5 Å². The van der Waals surface area contributed by atoms with Crippen LogP contribution in [0, 0.1) is 0 Å². The van der Waals surface area contributed by atoms with Crippen molar-refractivity contribution in [2.24, 2.45) is 0 Å². The van der Waals surface area contributed by atoms with Crippen molar-refractivity contribution in [3.63, 3.8) is 0 Å². The Hall–Kier alpha value is -1.89. The van der Waals surface area contributed by atoms with Crippen LogP contribution in [0.25, 0.3) is 0 Å². The molecular formula is C16H21BrN2O4. The Kier molecular flexibility index (Phi) is 8.32. The minimum Gasteiger partial charge on any atom is -0.455 e. The first-order chi connectivity index (χ1) is 11.0. The van der Waals surface area contributed by atoms with Crippen LogP contribution in [0.1, 0.15) is 19.4 Å². The third kappa shape index (κ3) is 7.27. The largest absolute Gasteiger partial charge is 0.455 e. The summed E-state index contributed by atoms with van der Waals surface area (Å²) in [4.78, 5) is 36.6. The van der Waals surface area contributed by atoms with Crippen molar-refractivity contribution in [3.8, 4) is 0 Å². The van der Waals surface area contributed by atoms with Gasteiger partial charge in [-0.1, -0.05) is 28.1 Å². The highest BCUT2D eigenvalue weighted by Gasteiger charge is 2.17. The lowest BCUT2D eigenvalue weighted by atomic mass is 10.2. The fraction of sp³-hybridized carbons (Fsp3) is 0.438. The van der Waals surface area contributed by atoms with E-state index in [2.05, 4.69) is 21.2 Å². The lowest BCUT2D eigenvalue weighted by molar-refractivity contribution is -0.152. The summed E-state index contributed by atoms with van der Waals surface area (Å²) in [6.07, 6.45) is 0.100. The molecule has 0 saturated heterocycles. The zero-order valence-electron chi connectivity index (χ0n) is 13.3. The van der Waals surface area contributed by atoms with Gasteiger partial charge in [-0.2, -0.15) is 0 Å². The number of hydrogen-bond donors (Lipinski definition) is 1. The predicted molar refractivity (Wildman–Crippen MR) is 89.7 cm³/mol. The molecule has 0 atom stereocenters. The Morgan fingerprint density at radius 3 is 2.39 bits per heavy atom. The minimum atomic E-state index is -0.477. The third-order valence-electron chi connectivity index (χ3n) is 3.06. The molecule has 0 aromatic heterocycles. The van der Waals surface area contributed by atoms with Crippen LogP contribution in [0.5, 0.6) is 0 Å². The maximum atomic E-state index is 12.0. The minimum absolute atomic E-state index is 0.0343. The smallest absolute Gasteiger partial charge is 0.310 e. The first-order valence-corrected chi connectivity index (χ1v) is 8.20. The van der Waals surface area contributed by atoms with Crippen LogP contribution in [0.2, 0.25) is 0 Å². The second kappa shape index (κ2) is 9.99. The van der Waals surface area contributed by atoms with Crippen molar-refractivity contribution in [2.75, 3.05) is 26.2 Å². The van der Waals surface area contributed by atoms with E-state index in [9.17, 15) is 14.4 Å². The summed E-state index contributed by atoms with van der Waals surface area (Å²) in [5.41, 5.74) is 0.806. The number of nitrogens with one attached hydrogen (secondary N) is 1. The second-order valence-electron chi connectivity index (χ2n) is 4.83. The van der Waals surface area contributed by atoms with Crippen LogP contribution in [-0.4, -0.2) is 48.9 Å². The molecule has 126 valence electrons. The average molecular weight is 385 g/mol. The molecule has 0 saturated carbocycles. The van der Waals surface area contributed by atoms with E-state index in [1.165, 1.54) is 4.90 Å². The molecule has 2 amide bonds. The molecule has 0 radical (unpaired) electrons.